The van der Waals surface area contributed by atoms with Gasteiger partial charge in [-0.25, -0.2) is 0 Å². The predicted molar refractivity (Wildman–Crippen MR) is 64.3 cm³/mol. The molecule has 0 aliphatic heterocycles. The summed E-state index contributed by atoms with van der Waals surface area (Å²) >= 11 is 0. The van der Waals surface area contributed by atoms with Gasteiger partial charge in [0.15, 0.2) is 0 Å². The van der Waals surface area contributed by atoms with E-state index in [-0.39, 0.29) is 18.9 Å². The highest BCUT2D eigenvalue weighted by Crippen LogP contribution is 2.40. The zero-order chi connectivity index (χ0) is 14.4. The van der Waals surface area contributed by atoms with Gasteiger partial charge >= 0.3 is 11.9 Å². The van der Waals surface area contributed by atoms with Crippen LogP contribution in [-0.2, 0) is 23.9 Å². The van der Waals surface area contributed by atoms with Gasteiger partial charge in [0, 0.05) is 20.2 Å². The Balaban J connectivity index is 2.51. The number of esters is 1. The molecule has 0 aromatic carbocycles. The summed E-state index contributed by atoms with van der Waals surface area (Å²) in [4.78, 5) is 35.4. The van der Waals surface area contributed by atoms with E-state index in [4.69, 9.17) is 9.84 Å². The molecule has 0 bridgehead atoms. The Morgan fingerprint density at radius 3 is 2.37 bits per heavy atom. The van der Waals surface area contributed by atoms with Gasteiger partial charge in [-0.3, -0.25) is 14.4 Å². The molecule has 1 N–H and O–H groups in total. The number of amides is 1. The third-order valence-corrected chi connectivity index (χ3v) is 3.12. The molecular weight excluding hydrogens is 254 g/mol. The van der Waals surface area contributed by atoms with Crippen LogP contribution in [0, 0.1) is 11.8 Å². The van der Waals surface area contributed by atoms with Crippen LogP contribution in [0.15, 0.2) is 0 Å². The summed E-state index contributed by atoms with van der Waals surface area (Å²) < 4.78 is 9.42. The highest BCUT2D eigenvalue weighted by molar-refractivity contribution is 5.89. The smallest absolute Gasteiger partial charge is 0.307 e. The van der Waals surface area contributed by atoms with Crippen LogP contribution in [0.4, 0.5) is 0 Å². The number of rotatable bonds is 8. The second-order valence-corrected chi connectivity index (χ2v) is 4.43. The normalized spacial score (nSPS) is 20.7. The molecular formula is C12H19NO6. The quantitative estimate of drug-likeness (QED) is 0.613. The highest BCUT2D eigenvalue weighted by atomic mass is 16.5. The van der Waals surface area contributed by atoms with Gasteiger partial charge in [0.25, 0.3) is 0 Å². The molecule has 1 rings (SSSR count). The predicted octanol–water partition coefficient (Wildman–Crippen LogP) is -0.255. The van der Waals surface area contributed by atoms with Gasteiger partial charge in [-0.1, -0.05) is 0 Å². The highest BCUT2D eigenvalue weighted by Gasteiger charge is 2.49. The molecule has 108 valence electrons. The van der Waals surface area contributed by atoms with Crippen molar-refractivity contribution in [2.24, 2.45) is 11.8 Å². The minimum absolute atomic E-state index is 0.0937. The second-order valence-electron chi connectivity index (χ2n) is 4.43. The Morgan fingerprint density at radius 2 is 1.89 bits per heavy atom. The topological polar surface area (TPSA) is 93.1 Å². The zero-order valence-electron chi connectivity index (χ0n) is 11.1. The maximum Gasteiger partial charge on any atom is 0.307 e. The Kier molecular flexibility index (Phi) is 5.75. The van der Waals surface area contributed by atoms with E-state index in [1.807, 2.05) is 0 Å². The van der Waals surface area contributed by atoms with Crippen LogP contribution in [-0.4, -0.2) is 61.8 Å². The maximum absolute atomic E-state index is 12.1. The maximum atomic E-state index is 12.1. The van der Waals surface area contributed by atoms with Gasteiger partial charge in [0.05, 0.1) is 32.0 Å². The van der Waals surface area contributed by atoms with Gasteiger partial charge in [-0.05, 0) is 6.42 Å². The Bertz CT molecular complexity index is 356. The number of hydrogen-bond acceptors (Lipinski definition) is 5. The summed E-state index contributed by atoms with van der Waals surface area (Å²) in [6, 6.07) is 0. The minimum Gasteiger partial charge on any atom is -0.481 e. The minimum atomic E-state index is -0.946. The number of carboxylic acids is 1. The van der Waals surface area contributed by atoms with E-state index in [1.54, 1.807) is 0 Å². The van der Waals surface area contributed by atoms with Crippen LogP contribution < -0.4 is 0 Å². The average molecular weight is 273 g/mol. The molecule has 0 heterocycles. The van der Waals surface area contributed by atoms with Crippen LogP contribution in [0.25, 0.3) is 0 Å². The molecule has 19 heavy (non-hydrogen) atoms. The van der Waals surface area contributed by atoms with Gasteiger partial charge < -0.3 is 19.5 Å². The van der Waals surface area contributed by atoms with E-state index >= 15 is 0 Å². The van der Waals surface area contributed by atoms with E-state index in [0.717, 1.165) is 0 Å². The molecule has 1 amide bonds. The molecule has 0 spiro atoms. The molecule has 0 aromatic heterocycles. The Morgan fingerprint density at radius 1 is 1.21 bits per heavy atom. The SMILES string of the molecule is COCCN(CCC(=O)OC)C(=O)[C@@H]1C[C@@H]1C(=O)O. The fourth-order valence-corrected chi connectivity index (χ4v) is 1.84. The zero-order valence-corrected chi connectivity index (χ0v) is 11.1. The van der Waals surface area contributed by atoms with Crippen molar-refractivity contribution in [3.63, 3.8) is 0 Å². The summed E-state index contributed by atoms with van der Waals surface area (Å²) in [5.74, 6) is -2.63. The fraction of sp³-hybridized carbons (Fsp3) is 0.750. The number of aliphatic carboxylic acids is 1. The summed E-state index contributed by atoms with van der Waals surface area (Å²) in [6.45, 7) is 0.907. The largest absolute Gasteiger partial charge is 0.481 e. The van der Waals surface area contributed by atoms with Crippen LogP contribution in [0.5, 0.6) is 0 Å². The lowest BCUT2D eigenvalue weighted by atomic mass is 10.2. The van der Waals surface area contributed by atoms with E-state index in [9.17, 15) is 14.4 Å². The molecule has 1 fully saturated rings. The number of ether oxygens (including phenoxy) is 2. The van der Waals surface area contributed by atoms with Crippen molar-refractivity contribution in [1.29, 1.82) is 0 Å². The third-order valence-electron chi connectivity index (χ3n) is 3.12. The van der Waals surface area contributed by atoms with E-state index in [0.29, 0.717) is 19.6 Å². The lowest BCUT2D eigenvalue weighted by Gasteiger charge is -2.22. The summed E-state index contributed by atoms with van der Waals surface area (Å²) in [5.41, 5.74) is 0. The lowest BCUT2D eigenvalue weighted by molar-refractivity contribution is -0.144. The van der Waals surface area contributed by atoms with E-state index < -0.39 is 23.8 Å². The molecule has 0 unspecified atom stereocenters. The van der Waals surface area contributed by atoms with Gasteiger partial charge in [-0.2, -0.15) is 0 Å². The summed E-state index contributed by atoms with van der Waals surface area (Å²) in [5, 5.41) is 8.82. The standard InChI is InChI=1S/C12H19NO6/c1-18-6-5-13(4-3-10(14)19-2)11(15)8-7-9(8)12(16)17/h8-9H,3-7H2,1-2H3,(H,16,17)/t8-,9+/m1/s1. The van der Waals surface area contributed by atoms with Gasteiger partial charge in [0.1, 0.15) is 0 Å². The second kappa shape index (κ2) is 7.08. The molecule has 0 saturated heterocycles. The van der Waals surface area contributed by atoms with Gasteiger partial charge in [0.2, 0.25) is 5.91 Å². The van der Waals surface area contributed by atoms with Crippen molar-refractivity contribution in [2.75, 3.05) is 33.9 Å². The number of hydrogen-bond donors (Lipinski definition) is 1. The first-order valence-corrected chi connectivity index (χ1v) is 6.08. The molecule has 1 saturated carbocycles. The van der Waals surface area contributed by atoms with Crippen molar-refractivity contribution in [3.8, 4) is 0 Å². The molecule has 1 aliphatic carbocycles. The van der Waals surface area contributed by atoms with Crippen molar-refractivity contribution in [3.05, 3.63) is 0 Å². The van der Waals surface area contributed by atoms with Crippen LogP contribution in [0.1, 0.15) is 12.8 Å². The number of nitrogens with zero attached hydrogens (tertiary/aromatic N) is 1. The molecule has 1 aliphatic rings. The average Bonchev–Trinajstić information content (AvgIpc) is 3.18. The fourth-order valence-electron chi connectivity index (χ4n) is 1.84. The van der Waals surface area contributed by atoms with E-state index in [1.165, 1.54) is 19.1 Å². The third kappa shape index (κ3) is 4.51. The van der Waals surface area contributed by atoms with Crippen molar-refractivity contribution in [2.45, 2.75) is 12.8 Å². The summed E-state index contributed by atoms with van der Waals surface area (Å²) in [7, 11) is 2.80. The van der Waals surface area contributed by atoms with Crippen molar-refractivity contribution >= 4 is 17.8 Å². The number of carbonyl (C=O) groups is 3. The molecule has 2 atom stereocenters. The number of carboxylic acid groups (broad SMARTS) is 1. The molecule has 0 radical (unpaired) electrons. The van der Waals surface area contributed by atoms with Crippen molar-refractivity contribution < 1.29 is 29.0 Å². The summed E-state index contributed by atoms with van der Waals surface area (Å²) in [6.07, 6.45) is 0.465. The Labute approximate surface area is 111 Å². The first-order valence-electron chi connectivity index (χ1n) is 6.08. The van der Waals surface area contributed by atoms with Crippen LogP contribution >= 0.6 is 0 Å². The lowest BCUT2D eigenvalue weighted by Crippen LogP contribution is -2.37. The van der Waals surface area contributed by atoms with Gasteiger partial charge in [-0.15, -0.1) is 0 Å². The Hall–Kier alpha value is -1.63. The first kappa shape index (κ1) is 15.4. The molecule has 7 nitrogen and oxygen atoms in total. The molecule has 7 heteroatoms. The first-order chi connectivity index (χ1) is 9.01. The van der Waals surface area contributed by atoms with Crippen LogP contribution in [0.3, 0.4) is 0 Å². The van der Waals surface area contributed by atoms with E-state index in [2.05, 4.69) is 4.74 Å². The number of carbonyl (C=O) groups excluding carboxylic acids is 2. The molecule has 0 aromatic rings. The number of methoxy groups -OCH3 is 2. The van der Waals surface area contributed by atoms with Crippen molar-refractivity contribution in [1.82, 2.24) is 4.90 Å². The monoisotopic (exact) mass is 273 g/mol. The van der Waals surface area contributed by atoms with Crippen LogP contribution in [0.2, 0.25) is 0 Å².